The lowest BCUT2D eigenvalue weighted by Crippen LogP contribution is -2.24. The lowest BCUT2D eigenvalue weighted by molar-refractivity contribution is 0.467. The third-order valence-electron chi connectivity index (χ3n) is 4.76. The Hall–Kier alpha value is -0.820. The number of unbranched alkanes of at least 4 members (excludes halogenated alkanes) is 3. The molecule has 1 aromatic rings. The van der Waals surface area contributed by atoms with Crippen LogP contribution in [-0.2, 0) is 0 Å². The Morgan fingerprint density at radius 2 is 1.48 bits per heavy atom. The number of aryl methyl sites for hydroxylation is 2. The third-order valence-corrected chi connectivity index (χ3v) is 4.76. The van der Waals surface area contributed by atoms with Crippen LogP contribution in [0.1, 0.15) is 86.2 Å². The van der Waals surface area contributed by atoms with Crippen LogP contribution in [0.2, 0.25) is 0 Å². The molecule has 0 aliphatic rings. The van der Waals surface area contributed by atoms with Gasteiger partial charge in [-0.2, -0.15) is 0 Å². The van der Waals surface area contributed by atoms with E-state index >= 15 is 0 Å². The SMILES string of the molecule is CCCCCCC(NCCC)c1c(C)c(C)cc(C)c1C. The smallest absolute Gasteiger partial charge is 0.0325 e. The van der Waals surface area contributed by atoms with Crippen molar-refractivity contribution in [1.82, 2.24) is 5.32 Å². The van der Waals surface area contributed by atoms with Crippen molar-refractivity contribution in [3.63, 3.8) is 0 Å². The van der Waals surface area contributed by atoms with E-state index in [1.807, 2.05) is 0 Å². The van der Waals surface area contributed by atoms with E-state index in [0.717, 1.165) is 6.54 Å². The van der Waals surface area contributed by atoms with Crippen LogP contribution in [0, 0.1) is 27.7 Å². The normalized spacial score (nSPS) is 12.7. The highest BCUT2D eigenvalue weighted by atomic mass is 14.9. The van der Waals surface area contributed by atoms with Crippen molar-refractivity contribution in [3.05, 3.63) is 33.9 Å². The molecule has 1 nitrogen and oxygen atoms in total. The molecule has 1 atom stereocenters. The molecule has 1 rings (SSSR count). The Balaban J connectivity index is 2.96. The van der Waals surface area contributed by atoms with Gasteiger partial charge in [0.2, 0.25) is 0 Å². The quantitative estimate of drug-likeness (QED) is 0.555. The summed E-state index contributed by atoms with van der Waals surface area (Å²) in [5, 5.41) is 3.80. The first-order valence-electron chi connectivity index (χ1n) is 8.83. The predicted octanol–water partition coefficient (Wildman–Crippen LogP) is 5.93. The topological polar surface area (TPSA) is 12.0 Å². The summed E-state index contributed by atoms with van der Waals surface area (Å²) in [6, 6.07) is 2.86. The largest absolute Gasteiger partial charge is 0.310 e. The van der Waals surface area contributed by atoms with Gasteiger partial charge in [0.05, 0.1) is 0 Å². The zero-order valence-electron chi connectivity index (χ0n) is 15.1. The summed E-state index contributed by atoms with van der Waals surface area (Å²) in [6.07, 6.45) is 7.85. The van der Waals surface area contributed by atoms with Crippen LogP contribution in [0.3, 0.4) is 0 Å². The van der Waals surface area contributed by atoms with Gasteiger partial charge in [0.15, 0.2) is 0 Å². The molecule has 0 fully saturated rings. The summed E-state index contributed by atoms with van der Waals surface area (Å²) in [5.74, 6) is 0. The summed E-state index contributed by atoms with van der Waals surface area (Å²) in [6.45, 7) is 14.7. The van der Waals surface area contributed by atoms with Crippen LogP contribution in [0.4, 0.5) is 0 Å². The highest BCUT2D eigenvalue weighted by molar-refractivity contribution is 5.45. The molecule has 0 spiro atoms. The first-order valence-corrected chi connectivity index (χ1v) is 8.83. The third kappa shape index (κ3) is 5.14. The van der Waals surface area contributed by atoms with Crippen molar-refractivity contribution in [1.29, 1.82) is 0 Å². The van der Waals surface area contributed by atoms with Gasteiger partial charge < -0.3 is 5.32 Å². The van der Waals surface area contributed by atoms with E-state index in [0.29, 0.717) is 6.04 Å². The van der Waals surface area contributed by atoms with Gasteiger partial charge in [-0.1, -0.05) is 45.6 Å². The van der Waals surface area contributed by atoms with Crippen LogP contribution in [0.5, 0.6) is 0 Å². The summed E-state index contributed by atoms with van der Waals surface area (Å²) in [5.41, 5.74) is 7.41. The number of nitrogens with one attached hydrogen (secondary N) is 1. The van der Waals surface area contributed by atoms with Crippen LogP contribution in [-0.4, -0.2) is 6.54 Å². The standard InChI is InChI=1S/C20H35N/c1-7-9-10-11-12-19(21-13-8-2)20-17(5)15(3)14-16(4)18(20)6/h14,19,21H,7-13H2,1-6H3. The van der Waals surface area contributed by atoms with Crippen molar-refractivity contribution in [2.45, 2.75) is 86.1 Å². The molecule has 21 heavy (non-hydrogen) atoms. The van der Waals surface area contributed by atoms with Gasteiger partial charge in [-0.05, 0) is 74.9 Å². The van der Waals surface area contributed by atoms with Gasteiger partial charge in [0, 0.05) is 6.04 Å². The van der Waals surface area contributed by atoms with Gasteiger partial charge >= 0.3 is 0 Å². The first kappa shape index (κ1) is 18.2. The molecule has 0 saturated heterocycles. The van der Waals surface area contributed by atoms with E-state index in [-0.39, 0.29) is 0 Å². The van der Waals surface area contributed by atoms with Crippen molar-refractivity contribution in [2.75, 3.05) is 6.54 Å². The van der Waals surface area contributed by atoms with E-state index in [4.69, 9.17) is 0 Å². The summed E-state index contributed by atoms with van der Waals surface area (Å²) < 4.78 is 0. The molecule has 0 aromatic heterocycles. The molecule has 1 N–H and O–H groups in total. The van der Waals surface area contributed by atoms with Crippen LogP contribution >= 0.6 is 0 Å². The molecule has 1 aromatic carbocycles. The van der Waals surface area contributed by atoms with E-state index in [2.05, 4.69) is 52.9 Å². The van der Waals surface area contributed by atoms with Gasteiger partial charge in [-0.15, -0.1) is 0 Å². The highest BCUT2D eigenvalue weighted by Gasteiger charge is 2.17. The molecule has 0 bridgehead atoms. The molecule has 1 heteroatoms. The molecule has 0 saturated carbocycles. The second-order valence-corrected chi connectivity index (χ2v) is 6.53. The Labute approximate surface area is 132 Å². The van der Waals surface area contributed by atoms with Crippen molar-refractivity contribution in [2.24, 2.45) is 0 Å². The Kier molecular flexibility index (Phi) is 8.03. The molecule has 0 aliphatic carbocycles. The fourth-order valence-corrected chi connectivity index (χ4v) is 3.21. The molecule has 120 valence electrons. The summed E-state index contributed by atoms with van der Waals surface area (Å²) >= 11 is 0. The van der Waals surface area contributed by atoms with Crippen LogP contribution in [0.15, 0.2) is 6.07 Å². The summed E-state index contributed by atoms with van der Waals surface area (Å²) in [4.78, 5) is 0. The number of rotatable bonds is 9. The average Bonchev–Trinajstić information content (AvgIpc) is 2.46. The van der Waals surface area contributed by atoms with E-state index < -0.39 is 0 Å². The van der Waals surface area contributed by atoms with Crippen molar-refractivity contribution in [3.8, 4) is 0 Å². The Morgan fingerprint density at radius 1 is 0.857 bits per heavy atom. The minimum Gasteiger partial charge on any atom is -0.310 e. The monoisotopic (exact) mass is 289 g/mol. The molecule has 0 radical (unpaired) electrons. The minimum atomic E-state index is 0.528. The average molecular weight is 290 g/mol. The van der Waals surface area contributed by atoms with Crippen LogP contribution in [0.25, 0.3) is 0 Å². The van der Waals surface area contributed by atoms with Gasteiger partial charge in [-0.3, -0.25) is 0 Å². The van der Waals surface area contributed by atoms with Gasteiger partial charge in [-0.25, -0.2) is 0 Å². The molecular formula is C20H35N. The second kappa shape index (κ2) is 9.25. The minimum absolute atomic E-state index is 0.528. The van der Waals surface area contributed by atoms with Crippen molar-refractivity contribution >= 4 is 0 Å². The van der Waals surface area contributed by atoms with Crippen LogP contribution < -0.4 is 5.32 Å². The van der Waals surface area contributed by atoms with Crippen molar-refractivity contribution < 1.29 is 0 Å². The maximum atomic E-state index is 3.80. The van der Waals surface area contributed by atoms with Gasteiger partial charge in [0.1, 0.15) is 0 Å². The molecule has 0 aliphatic heterocycles. The zero-order valence-corrected chi connectivity index (χ0v) is 15.1. The lowest BCUT2D eigenvalue weighted by Gasteiger charge is -2.25. The number of hydrogen-bond acceptors (Lipinski definition) is 1. The first-order chi connectivity index (χ1) is 10.0. The Bertz CT molecular complexity index is 408. The fraction of sp³-hybridized carbons (Fsp3) is 0.700. The van der Waals surface area contributed by atoms with E-state index in [1.54, 1.807) is 5.56 Å². The van der Waals surface area contributed by atoms with E-state index in [9.17, 15) is 0 Å². The molecule has 1 unspecified atom stereocenters. The predicted molar refractivity (Wildman–Crippen MR) is 95.2 cm³/mol. The lowest BCUT2D eigenvalue weighted by atomic mass is 9.87. The molecule has 0 amide bonds. The number of benzene rings is 1. The maximum Gasteiger partial charge on any atom is 0.0325 e. The highest BCUT2D eigenvalue weighted by Crippen LogP contribution is 2.30. The fourth-order valence-electron chi connectivity index (χ4n) is 3.21. The van der Waals surface area contributed by atoms with Gasteiger partial charge in [0.25, 0.3) is 0 Å². The zero-order chi connectivity index (χ0) is 15.8. The summed E-state index contributed by atoms with van der Waals surface area (Å²) in [7, 11) is 0. The number of hydrogen-bond donors (Lipinski definition) is 1. The maximum absolute atomic E-state index is 3.80. The molecular weight excluding hydrogens is 254 g/mol. The second-order valence-electron chi connectivity index (χ2n) is 6.53. The van der Waals surface area contributed by atoms with E-state index in [1.165, 1.54) is 60.8 Å². The Morgan fingerprint density at radius 3 is 2.00 bits per heavy atom. The molecule has 0 heterocycles.